The molecule has 5 heteroatoms. The monoisotopic (exact) mass is 320 g/mol. The maximum atomic E-state index is 12.5. The van der Waals surface area contributed by atoms with Crippen molar-refractivity contribution in [1.29, 1.82) is 0 Å². The molecule has 0 aliphatic carbocycles. The third kappa shape index (κ3) is 4.45. The number of aliphatic hydroxyl groups is 1. The molecule has 1 amide bonds. The zero-order chi connectivity index (χ0) is 17.3. The molecule has 2 N–H and O–H groups in total. The zero-order valence-corrected chi connectivity index (χ0v) is 14.8. The summed E-state index contributed by atoms with van der Waals surface area (Å²) in [6.45, 7) is 10.8. The molecule has 1 aromatic carbocycles. The maximum Gasteiger partial charge on any atom is 0.414 e. The van der Waals surface area contributed by atoms with Gasteiger partial charge < -0.3 is 15.2 Å². The summed E-state index contributed by atoms with van der Waals surface area (Å²) in [5.74, 6) is 0. The van der Waals surface area contributed by atoms with Crippen LogP contribution >= 0.6 is 0 Å². The Balaban J connectivity index is 2.22. The van der Waals surface area contributed by atoms with Gasteiger partial charge in [-0.05, 0) is 52.2 Å². The van der Waals surface area contributed by atoms with Crippen LogP contribution in [0.2, 0.25) is 0 Å². The summed E-state index contributed by atoms with van der Waals surface area (Å²) in [6, 6.07) is 6.09. The molecule has 1 aliphatic heterocycles. The van der Waals surface area contributed by atoms with Gasteiger partial charge in [0, 0.05) is 18.6 Å². The predicted molar refractivity (Wildman–Crippen MR) is 91.7 cm³/mol. The second kappa shape index (κ2) is 6.49. The molecule has 23 heavy (non-hydrogen) atoms. The fourth-order valence-electron chi connectivity index (χ4n) is 2.57. The maximum absolute atomic E-state index is 12.5. The van der Waals surface area contributed by atoms with E-state index in [2.05, 4.69) is 11.4 Å². The Labute approximate surface area is 138 Å². The summed E-state index contributed by atoms with van der Waals surface area (Å²) >= 11 is 0. The lowest BCUT2D eigenvalue weighted by molar-refractivity contribution is 0.0583. The predicted octanol–water partition coefficient (Wildman–Crippen LogP) is 2.84. The molecule has 5 nitrogen and oxygen atoms in total. The molecule has 0 fully saturated rings. The number of nitrogens with one attached hydrogen (secondary N) is 1. The normalized spacial score (nSPS) is 14.8. The molecule has 1 heterocycles. The fourth-order valence-corrected chi connectivity index (χ4v) is 2.57. The number of para-hydroxylation sites is 1. The number of nitrogens with zero attached hydrogens (tertiary/aromatic N) is 1. The van der Waals surface area contributed by atoms with Crippen molar-refractivity contribution in [2.45, 2.75) is 58.7 Å². The summed E-state index contributed by atoms with van der Waals surface area (Å²) < 4.78 is 5.53. The largest absolute Gasteiger partial charge is 0.443 e. The number of hydrogen-bond acceptors (Lipinski definition) is 4. The van der Waals surface area contributed by atoms with Gasteiger partial charge in [0.25, 0.3) is 0 Å². The van der Waals surface area contributed by atoms with Crippen molar-refractivity contribution in [3.05, 3.63) is 29.3 Å². The van der Waals surface area contributed by atoms with E-state index in [9.17, 15) is 9.90 Å². The number of carbonyl (C=O) groups excluding carboxylic acids is 1. The zero-order valence-electron chi connectivity index (χ0n) is 14.8. The van der Waals surface area contributed by atoms with Crippen molar-refractivity contribution >= 4 is 11.8 Å². The van der Waals surface area contributed by atoms with E-state index in [-0.39, 0.29) is 18.2 Å². The van der Waals surface area contributed by atoms with E-state index in [1.54, 1.807) is 4.90 Å². The first-order valence-corrected chi connectivity index (χ1v) is 8.10. The molecule has 0 aromatic heterocycles. The standard InChI is InChI=1S/C18H28N2O3/c1-17(2,3)23-16(22)20-10-9-13-7-6-8-14(15(13)20)11-19-18(4,5)12-21/h6-8,19,21H,9-12H2,1-5H3. The van der Waals surface area contributed by atoms with E-state index in [4.69, 9.17) is 4.74 Å². The van der Waals surface area contributed by atoms with E-state index < -0.39 is 5.60 Å². The van der Waals surface area contributed by atoms with Crippen molar-refractivity contribution in [2.75, 3.05) is 18.1 Å². The van der Waals surface area contributed by atoms with Gasteiger partial charge in [0.1, 0.15) is 5.60 Å². The molecule has 2 rings (SSSR count). The van der Waals surface area contributed by atoms with Gasteiger partial charge in [-0.1, -0.05) is 18.2 Å². The van der Waals surface area contributed by atoms with E-state index in [1.807, 2.05) is 46.8 Å². The smallest absolute Gasteiger partial charge is 0.414 e. The van der Waals surface area contributed by atoms with Gasteiger partial charge in [-0.2, -0.15) is 0 Å². The van der Waals surface area contributed by atoms with Crippen LogP contribution in [0.3, 0.4) is 0 Å². The quantitative estimate of drug-likeness (QED) is 0.895. The summed E-state index contributed by atoms with van der Waals surface area (Å²) in [5.41, 5.74) is 2.29. The number of anilines is 1. The van der Waals surface area contributed by atoms with Gasteiger partial charge >= 0.3 is 6.09 Å². The molecule has 0 bridgehead atoms. The first-order chi connectivity index (χ1) is 10.6. The number of benzene rings is 1. The van der Waals surface area contributed by atoms with Crippen molar-refractivity contribution in [3.8, 4) is 0 Å². The van der Waals surface area contributed by atoms with Crippen molar-refractivity contribution in [3.63, 3.8) is 0 Å². The number of carbonyl (C=O) groups is 1. The van der Waals surface area contributed by atoms with Gasteiger partial charge in [0.2, 0.25) is 0 Å². The number of amides is 1. The highest BCUT2D eigenvalue weighted by atomic mass is 16.6. The number of aliphatic hydroxyl groups excluding tert-OH is 1. The van der Waals surface area contributed by atoms with Gasteiger partial charge in [0.05, 0.1) is 12.3 Å². The first kappa shape index (κ1) is 17.8. The molecule has 0 saturated carbocycles. The topological polar surface area (TPSA) is 61.8 Å². The Bertz CT molecular complexity index is 576. The number of hydrogen-bond donors (Lipinski definition) is 2. The third-order valence-electron chi connectivity index (χ3n) is 3.84. The Morgan fingerprint density at radius 1 is 1.30 bits per heavy atom. The van der Waals surface area contributed by atoms with Crippen LogP contribution in [0.1, 0.15) is 45.7 Å². The molecule has 128 valence electrons. The summed E-state index contributed by atoms with van der Waals surface area (Å²) in [6.07, 6.45) is 0.538. The van der Waals surface area contributed by atoms with Crippen molar-refractivity contribution in [1.82, 2.24) is 5.32 Å². The van der Waals surface area contributed by atoms with Gasteiger partial charge in [-0.15, -0.1) is 0 Å². The lowest BCUT2D eigenvalue weighted by Crippen LogP contribution is -2.42. The molecule has 0 radical (unpaired) electrons. The summed E-state index contributed by atoms with van der Waals surface area (Å²) in [5, 5.41) is 12.7. The summed E-state index contributed by atoms with van der Waals surface area (Å²) in [4.78, 5) is 14.2. The van der Waals surface area contributed by atoms with Crippen LogP contribution in [0.4, 0.5) is 10.5 Å². The molecule has 0 saturated heterocycles. The Hall–Kier alpha value is -1.59. The molecular weight excluding hydrogens is 292 g/mol. The van der Waals surface area contributed by atoms with Crippen LogP contribution in [0.15, 0.2) is 18.2 Å². The van der Waals surface area contributed by atoms with Gasteiger partial charge in [-0.25, -0.2) is 4.79 Å². The lowest BCUT2D eigenvalue weighted by Gasteiger charge is -2.27. The van der Waals surface area contributed by atoms with Gasteiger partial charge in [0.15, 0.2) is 0 Å². The molecule has 0 unspecified atom stereocenters. The molecular formula is C18H28N2O3. The van der Waals surface area contributed by atoms with Crippen LogP contribution < -0.4 is 10.2 Å². The summed E-state index contributed by atoms with van der Waals surface area (Å²) in [7, 11) is 0. The Morgan fingerprint density at radius 3 is 2.61 bits per heavy atom. The minimum Gasteiger partial charge on any atom is -0.443 e. The van der Waals surface area contributed by atoms with Gasteiger partial charge in [-0.3, -0.25) is 4.90 Å². The van der Waals surface area contributed by atoms with Crippen LogP contribution in [0, 0.1) is 0 Å². The van der Waals surface area contributed by atoms with Crippen LogP contribution in [-0.4, -0.2) is 35.5 Å². The van der Waals surface area contributed by atoms with Crippen LogP contribution in [0.5, 0.6) is 0 Å². The number of rotatable bonds is 4. The van der Waals surface area contributed by atoms with Crippen LogP contribution in [-0.2, 0) is 17.7 Å². The molecule has 0 atom stereocenters. The Kier molecular flexibility index (Phi) is 5.01. The van der Waals surface area contributed by atoms with E-state index in [0.717, 1.165) is 23.2 Å². The second-order valence-corrected chi connectivity index (χ2v) is 7.70. The van der Waals surface area contributed by atoms with E-state index in [1.165, 1.54) is 0 Å². The number of fused-ring (bicyclic) bond motifs is 1. The molecule has 1 aliphatic rings. The first-order valence-electron chi connectivity index (χ1n) is 8.10. The second-order valence-electron chi connectivity index (χ2n) is 7.70. The van der Waals surface area contributed by atoms with Crippen molar-refractivity contribution < 1.29 is 14.6 Å². The highest BCUT2D eigenvalue weighted by molar-refractivity contribution is 5.91. The SMILES string of the molecule is CC(C)(CO)NCc1cccc2c1N(C(=O)OC(C)(C)C)CC2. The minimum atomic E-state index is -0.508. The highest BCUT2D eigenvalue weighted by Gasteiger charge is 2.31. The van der Waals surface area contributed by atoms with Crippen LogP contribution in [0.25, 0.3) is 0 Å². The van der Waals surface area contributed by atoms with E-state index in [0.29, 0.717) is 13.1 Å². The average Bonchev–Trinajstić information content (AvgIpc) is 2.88. The minimum absolute atomic E-state index is 0.0534. The van der Waals surface area contributed by atoms with E-state index >= 15 is 0 Å². The van der Waals surface area contributed by atoms with Crippen molar-refractivity contribution in [2.24, 2.45) is 0 Å². The fraction of sp³-hybridized carbons (Fsp3) is 0.611. The molecule has 0 spiro atoms. The number of ether oxygens (including phenoxy) is 1. The molecule has 1 aromatic rings. The highest BCUT2D eigenvalue weighted by Crippen LogP contribution is 2.33. The third-order valence-corrected chi connectivity index (χ3v) is 3.84. The lowest BCUT2D eigenvalue weighted by atomic mass is 10.0. The average molecular weight is 320 g/mol. The Morgan fingerprint density at radius 2 is 2.00 bits per heavy atom.